The van der Waals surface area contributed by atoms with Crippen molar-refractivity contribution < 1.29 is 38.9 Å². The molecule has 55 heavy (non-hydrogen) atoms. The molecule has 1 aliphatic carbocycles. The maximum Gasteiger partial charge on any atom is 0.330 e. The van der Waals surface area contributed by atoms with E-state index < -0.39 is 64.9 Å². The van der Waals surface area contributed by atoms with Crippen LogP contribution < -0.4 is 25.4 Å². The van der Waals surface area contributed by atoms with Crippen molar-refractivity contribution in [3.05, 3.63) is 103 Å². The van der Waals surface area contributed by atoms with Gasteiger partial charge < -0.3 is 40.5 Å². The zero-order chi connectivity index (χ0) is 39.5. The number of carboxylic acid groups (broad SMARTS) is 1. The van der Waals surface area contributed by atoms with Crippen LogP contribution in [-0.2, 0) is 14.4 Å². The van der Waals surface area contributed by atoms with Crippen LogP contribution in [0.2, 0.25) is 0 Å². The highest BCUT2D eigenvalue weighted by atomic mass is 16.5. The molecule has 288 valence electrons. The molecular weight excluding hydrogens is 702 g/mol. The monoisotopic (exact) mass is 749 g/mol. The summed E-state index contributed by atoms with van der Waals surface area (Å²) in [5.41, 5.74) is 0.464. The van der Waals surface area contributed by atoms with E-state index in [0.29, 0.717) is 33.7 Å². The predicted octanol–water partition coefficient (Wildman–Crippen LogP) is 4.85. The Morgan fingerprint density at radius 3 is 2.31 bits per heavy atom. The molecule has 5 N–H and O–H groups in total. The number of rotatable bonds is 13. The molecule has 2 heterocycles. The molecule has 1 saturated heterocycles. The number of methoxy groups -OCH3 is 1. The molecule has 0 spiro atoms. The minimum absolute atomic E-state index is 0.0291. The summed E-state index contributed by atoms with van der Waals surface area (Å²) < 4.78 is 12.1. The summed E-state index contributed by atoms with van der Waals surface area (Å²) >= 11 is 0. The Morgan fingerprint density at radius 1 is 1.02 bits per heavy atom. The molecule has 6 rings (SSSR count). The molecule has 0 radical (unpaired) electrons. The molecule has 2 unspecified atom stereocenters. The van der Waals surface area contributed by atoms with Gasteiger partial charge in [-0.15, -0.1) is 6.58 Å². The lowest BCUT2D eigenvalue weighted by molar-refractivity contribution is -0.144. The summed E-state index contributed by atoms with van der Waals surface area (Å²) in [5.74, 6) is -1.78. The average molecular weight is 750 g/mol. The number of ether oxygens (including phenoxy) is 2. The fourth-order valence-electron chi connectivity index (χ4n) is 7.07. The number of aliphatic hydroxyl groups is 1. The first-order valence-electron chi connectivity index (χ1n) is 18.2. The smallest absolute Gasteiger partial charge is 0.330 e. The van der Waals surface area contributed by atoms with Crippen LogP contribution in [-0.4, -0.2) is 87.9 Å². The van der Waals surface area contributed by atoms with Crippen LogP contribution in [0.1, 0.15) is 45.2 Å². The molecule has 2 aliphatic rings. The fraction of sp³-hybridized carbons (Fsp3) is 0.357. The maximum absolute atomic E-state index is 14.3. The number of amides is 4. The number of hydrogen-bond donors (Lipinski definition) is 5. The SMILES string of the molecule is C=C[C@@H]1C[C@]1(NC(=O)[C@@H]1C[C@@H](Oc2cc(-c3ccccc3)nc3cc(OC)ccc23)CN1C(=O)NC(C(=O)NC(CO)c1ccccc1)C(C)(C)C)C(=O)O. The molecule has 0 bridgehead atoms. The predicted molar refractivity (Wildman–Crippen MR) is 206 cm³/mol. The zero-order valence-electron chi connectivity index (χ0n) is 31.3. The molecular formula is C42H47N5O8. The van der Waals surface area contributed by atoms with E-state index in [1.807, 2.05) is 48.5 Å². The number of carboxylic acids is 1. The van der Waals surface area contributed by atoms with Gasteiger partial charge in [-0.05, 0) is 29.5 Å². The Hall–Kier alpha value is -5.95. The first kappa shape index (κ1) is 38.8. The third-order valence-electron chi connectivity index (χ3n) is 10.3. The summed E-state index contributed by atoms with van der Waals surface area (Å²) in [6.45, 7) is 8.67. The van der Waals surface area contributed by atoms with E-state index in [1.165, 1.54) is 11.0 Å². The van der Waals surface area contributed by atoms with Gasteiger partial charge in [-0.3, -0.25) is 9.59 Å². The van der Waals surface area contributed by atoms with Crippen molar-refractivity contribution in [3.63, 3.8) is 0 Å². The van der Waals surface area contributed by atoms with Crippen molar-refractivity contribution in [2.24, 2.45) is 11.3 Å². The third kappa shape index (κ3) is 8.26. The summed E-state index contributed by atoms with van der Waals surface area (Å²) in [4.78, 5) is 60.6. The Kier molecular flexibility index (Phi) is 11.1. The number of nitrogens with one attached hydrogen (secondary N) is 3. The highest BCUT2D eigenvalue weighted by Crippen LogP contribution is 2.45. The van der Waals surface area contributed by atoms with Gasteiger partial charge in [-0.1, -0.05) is 87.5 Å². The second kappa shape index (κ2) is 15.8. The van der Waals surface area contributed by atoms with Crippen LogP contribution in [0.25, 0.3) is 22.2 Å². The van der Waals surface area contributed by atoms with Gasteiger partial charge in [0.2, 0.25) is 11.8 Å². The lowest BCUT2D eigenvalue weighted by Gasteiger charge is -2.34. The Labute approximate surface area is 319 Å². The molecule has 3 aromatic carbocycles. The zero-order valence-corrected chi connectivity index (χ0v) is 31.3. The van der Waals surface area contributed by atoms with Crippen LogP contribution in [0.5, 0.6) is 11.5 Å². The number of fused-ring (bicyclic) bond motifs is 1. The van der Waals surface area contributed by atoms with Crippen molar-refractivity contribution in [1.29, 1.82) is 0 Å². The number of nitrogens with zero attached hydrogens (tertiary/aromatic N) is 2. The minimum Gasteiger partial charge on any atom is -0.497 e. The number of urea groups is 1. The largest absolute Gasteiger partial charge is 0.497 e. The topological polar surface area (TPSA) is 179 Å². The highest BCUT2D eigenvalue weighted by molar-refractivity contribution is 5.96. The summed E-state index contributed by atoms with van der Waals surface area (Å²) in [7, 11) is 1.57. The molecule has 6 atom stereocenters. The lowest BCUT2D eigenvalue weighted by atomic mass is 9.86. The van der Waals surface area contributed by atoms with Crippen LogP contribution in [0, 0.1) is 11.3 Å². The second-order valence-corrected chi connectivity index (χ2v) is 15.1. The molecule has 1 saturated carbocycles. The number of aliphatic hydroxyl groups excluding tert-OH is 1. The van der Waals surface area contributed by atoms with Gasteiger partial charge in [-0.25, -0.2) is 14.6 Å². The molecule has 2 fully saturated rings. The number of likely N-dealkylation sites (tertiary alicyclic amines) is 1. The van der Waals surface area contributed by atoms with Gasteiger partial charge >= 0.3 is 12.0 Å². The van der Waals surface area contributed by atoms with Gasteiger partial charge in [0.05, 0.1) is 37.5 Å². The Balaban J connectivity index is 1.30. The van der Waals surface area contributed by atoms with E-state index in [4.69, 9.17) is 14.5 Å². The van der Waals surface area contributed by atoms with Gasteiger partial charge in [0.25, 0.3) is 0 Å². The number of pyridine rings is 1. The third-order valence-corrected chi connectivity index (χ3v) is 10.3. The molecule has 13 heteroatoms. The van der Waals surface area contributed by atoms with E-state index in [0.717, 1.165) is 5.56 Å². The van der Waals surface area contributed by atoms with E-state index in [-0.39, 0.29) is 26.0 Å². The first-order valence-corrected chi connectivity index (χ1v) is 18.2. The van der Waals surface area contributed by atoms with Gasteiger partial charge in [-0.2, -0.15) is 0 Å². The number of carbonyl (C=O) groups is 4. The maximum atomic E-state index is 14.3. The van der Waals surface area contributed by atoms with Gasteiger partial charge in [0.15, 0.2) is 0 Å². The number of benzene rings is 3. The quantitative estimate of drug-likeness (QED) is 0.120. The number of carbonyl (C=O) groups excluding carboxylic acids is 3. The normalized spacial score (nSPS) is 21.5. The molecule has 4 aromatic rings. The standard InChI is InChI=1S/C42H47N5O8/c1-6-27-22-42(27,39(51)52)46-37(49)34-20-29(55-35-21-31(25-13-9-7-10-14-25)43-32-19-28(54-5)17-18-30(32)35)23-47(34)40(53)45-36(41(2,3)4)38(50)44-33(24-48)26-15-11-8-12-16-26/h6-19,21,27,29,33-34,36,48H,1,20,22-24H2,2-5H3,(H,44,50)(H,45,53)(H,46,49)(H,51,52)/t27-,29-,33?,34+,36?,42-/m1/s1. The highest BCUT2D eigenvalue weighted by Gasteiger charge is 2.61. The lowest BCUT2D eigenvalue weighted by Crippen LogP contribution is -2.59. The van der Waals surface area contributed by atoms with E-state index in [9.17, 15) is 29.4 Å². The number of hydrogen-bond acceptors (Lipinski definition) is 8. The van der Waals surface area contributed by atoms with Crippen molar-refractivity contribution in [2.45, 2.75) is 63.4 Å². The van der Waals surface area contributed by atoms with Crippen LogP contribution in [0.3, 0.4) is 0 Å². The van der Waals surface area contributed by atoms with E-state index in [1.54, 1.807) is 64.3 Å². The molecule has 1 aliphatic heterocycles. The fourth-order valence-corrected chi connectivity index (χ4v) is 7.07. The van der Waals surface area contributed by atoms with Gasteiger partial charge in [0.1, 0.15) is 35.2 Å². The second-order valence-electron chi connectivity index (χ2n) is 15.1. The Bertz CT molecular complexity index is 2070. The molecule has 1 aromatic heterocycles. The van der Waals surface area contributed by atoms with E-state index in [2.05, 4.69) is 22.5 Å². The van der Waals surface area contributed by atoms with Crippen molar-refractivity contribution in [2.75, 3.05) is 20.3 Å². The van der Waals surface area contributed by atoms with Crippen LogP contribution in [0.4, 0.5) is 4.79 Å². The van der Waals surface area contributed by atoms with Crippen LogP contribution in [0.15, 0.2) is 97.6 Å². The summed E-state index contributed by atoms with van der Waals surface area (Å²) in [6, 6.07) is 22.1. The van der Waals surface area contributed by atoms with Crippen molar-refractivity contribution in [3.8, 4) is 22.8 Å². The van der Waals surface area contributed by atoms with Crippen molar-refractivity contribution in [1.82, 2.24) is 25.8 Å². The van der Waals surface area contributed by atoms with Gasteiger partial charge in [0, 0.05) is 35.4 Å². The summed E-state index contributed by atoms with van der Waals surface area (Å²) in [6.07, 6.45) is 0.980. The molecule has 13 nitrogen and oxygen atoms in total. The average Bonchev–Trinajstić information content (AvgIpc) is 3.74. The Morgan fingerprint density at radius 2 is 1.71 bits per heavy atom. The van der Waals surface area contributed by atoms with Crippen molar-refractivity contribution >= 4 is 34.7 Å². The number of aliphatic carboxylic acids is 1. The molecule has 4 amide bonds. The van der Waals surface area contributed by atoms with Crippen LogP contribution >= 0.6 is 0 Å². The number of aromatic nitrogens is 1. The summed E-state index contributed by atoms with van der Waals surface area (Å²) in [5, 5.41) is 29.3. The van der Waals surface area contributed by atoms with E-state index >= 15 is 0 Å². The minimum atomic E-state index is -1.53. The first-order chi connectivity index (χ1) is 26.3.